The van der Waals surface area contributed by atoms with Crippen molar-refractivity contribution in [2.45, 2.75) is 51.5 Å². The minimum Gasteiger partial charge on any atom is -0.331 e. The molecule has 0 aliphatic heterocycles. The second-order valence-corrected chi connectivity index (χ2v) is 9.56. The third kappa shape index (κ3) is 5.07. The van der Waals surface area contributed by atoms with E-state index in [1.165, 1.54) is 6.42 Å². The Kier molecular flexibility index (Phi) is 7.78. The molecule has 1 unspecified atom stereocenters. The monoisotopic (exact) mass is 460 g/mol. The van der Waals surface area contributed by atoms with E-state index in [1.54, 1.807) is 4.57 Å². The molecule has 1 atom stereocenters. The van der Waals surface area contributed by atoms with Crippen LogP contribution in [0.2, 0.25) is 0 Å². The van der Waals surface area contributed by atoms with E-state index in [1.807, 2.05) is 73.6 Å². The third-order valence-electron chi connectivity index (χ3n) is 6.90. The lowest BCUT2D eigenvalue weighted by Gasteiger charge is -2.36. The van der Waals surface area contributed by atoms with E-state index in [9.17, 15) is 9.59 Å². The lowest BCUT2D eigenvalue weighted by atomic mass is 9.87. The van der Waals surface area contributed by atoms with E-state index in [2.05, 4.69) is 11.8 Å². The lowest BCUT2D eigenvalue weighted by Crippen LogP contribution is -2.44. The number of carbonyl (C=O) groups is 1. The summed E-state index contributed by atoms with van der Waals surface area (Å²) in [6.07, 6.45) is 6.01. The minimum atomic E-state index is -0.285. The van der Waals surface area contributed by atoms with Crippen LogP contribution in [-0.4, -0.2) is 52.4 Å². The molecule has 34 heavy (non-hydrogen) atoms. The predicted octanol–water partition coefficient (Wildman–Crippen LogP) is 4.81. The molecule has 1 saturated carbocycles. The molecule has 0 saturated heterocycles. The van der Waals surface area contributed by atoms with Crippen molar-refractivity contribution in [3.8, 4) is 5.69 Å². The summed E-state index contributed by atoms with van der Waals surface area (Å²) in [7, 11) is 4.05. The van der Waals surface area contributed by atoms with Gasteiger partial charge in [0.2, 0.25) is 5.91 Å². The van der Waals surface area contributed by atoms with Gasteiger partial charge in [0.05, 0.1) is 22.6 Å². The number of aromatic nitrogens is 2. The van der Waals surface area contributed by atoms with E-state index in [4.69, 9.17) is 4.98 Å². The van der Waals surface area contributed by atoms with Gasteiger partial charge in [0, 0.05) is 19.0 Å². The standard InChI is InChI=1S/C28H36N4O2/c1-4-25(31(20-19-30(2)3)27(33)21-13-7-5-8-14-21)26-29-24-18-12-11-17-23(24)28(34)32(26)22-15-9-6-10-16-22/h6,9-12,15-18,21,25H,4-5,7-8,13-14,19-20H2,1-3H3. The molecular weight excluding hydrogens is 424 g/mol. The third-order valence-corrected chi connectivity index (χ3v) is 6.90. The Morgan fingerprint density at radius 3 is 2.35 bits per heavy atom. The number of para-hydroxylation sites is 2. The number of hydrogen-bond donors (Lipinski definition) is 0. The van der Waals surface area contributed by atoms with Gasteiger partial charge in [-0.3, -0.25) is 14.2 Å². The van der Waals surface area contributed by atoms with Crippen molar-refractivity contribution in [1.82, 2.24) is 19.4 Å². The van der Waals surface area contributed by atoms with Crippen molar-refractivity contribution in [1.29, 1.82) is 0 Å². The molecule has 2 aromatic carbocycles. The molecule has 1 aliphatic carbocycles. The summed E-state index contributed by atoms with van der Waals surface area (Å²) in [5.41, 5.74) is 1.35. The van der Waals surface area contributed by atoms with Gasteiger partial charge in [0.15, 0.2) is 0 Å². The van der Waals surface area contributed by atoms with Crippen molar-refractivity contribution in [2.24, 2.45) is 5.92 Å². The average molecular weight is 461 g/mol. The summed E-state index contributed by atoms with van der Waals surface area (Å²) in [5, 5.41) is 0.586. The van der Waals surface area contributed by atoms with E-state index in [0.29, 0.717) is 29.7 Å². The van der Waals surface area contributed by atoms with Crippen LogP contribution in [0.5, 0.6) is 0 Å². The smallest absolute Gasteiger partial charge is 0.266 e. The maximum absolute atomic E-state index is 13.9. The molecule has 1 aliphatic rings. The SMILES string of the molecule is CCC(c1nc2ccccc2c(=O)n1-c1ccccc1)N(CCN(C)C)C(=O)C1CCCCC1. The number of likely N-dealkylation sites (N-methyl/N-ethyl adjacent to an activating group) is 1. The first-order valence-electron chi connectivity index (χ1n) is 12.5. The molecule has 0 bridgehead atoms. The van der Waals surface area contributed by atoms with Crippen LogP contribution in [0.15, 0.2) is 59.4 Å². The van der Waals surface area contributed by atoms with Gasteiger partial charge in [0.1, 0.15) is 5.82 Å². The van der Waals surface area contributed by atoms with Crippen LogP contribution in [0.25, 0.3) is 16.6 Å². The molecule has 3 aromatic rings. The lowest BCUT2D eigenvalue weighted by molar-refractivity contribution is -0.139. The molecule has 4 rings (SSSR count). The van der Waals surface area contributed by atoms with Crippen LogP contribution >= 0.6 is 0 Å². The number of fused-ring (bicyclic) bond motifs is 1. The Hall–Kier alpha value is -2.99. The summed E-state index contributed by atoms with van der Waals surface area (Å²) in [4.78, 5) is 36.7. The highest BCUT2D eigenvalue weighted by Crippen LogP contribution is 2.31. The summed E-state index contributed by atoms with van der Waals surface area (Å²) in [5.74, 6) is 0.901. The van der Waals surface area contributed by atoms with Crippen LogP contribution in [0.3, 0.4) is 0 Å². The van der Waals surface area contributed by atoms with Crippen molar-refractivity contribution < 1.29 is 4.79 Å². The number of benzene rings is 2. The Bertz CT molecular complexity index is 1170. The van der Waals surface area contributed by atoms with Gasteiger partial charge in [-0.05, 0) is 57.6 Å². The molecule has 1 fully saturated rings. The van der Waals surface area contributed by atoms with Gasteiger partial charge < -0.3 is 9.80 Å². The predicted molar refractivity (Wildman–Crippen MR) is 137 cm³/mol. The Morgan fingerprint density at radius 2 is 1.68 bits per heavy atom. The average Bonchev–Trinajstić information content (AvgIpc) is 2.87. The van der Waals surface area contributed by atoms with Gasteiger partial charge in [-0.1, -0.05) is 56.5 Å². The van der Waals surface area contributed by atoms with Crippen molar-refractivity contribution in [2.75, 3.05) is 27.2 Å². The first kappa shape index (κ1) is 24.1. The summed E-state index contributed by atoms with van der Waals surface area (Å²) < 4.78 is 1.72. The second kappa shape index (κ2) is 11.0. The summed E-state index contributed by atoms with van der Waals surface area (Å²) in [6, 6.07) is 16.9. The second-order valence-electron chi connectivity index (χ2n) is 9.56. The molecule has 0 spiro atoms. The van der Waals surface area contributed by atoms with Crippen molar-refractivity contribution in [3.63, 3.8) is 0 Å². The number of carbonyl (C=O) groups excluding carboxylic acids is 1. The topological polar surface area (TPSA) is 58.4 Å². The van der Waals surface area contributed by atoms with E-state index in [0.717, 1.165) is 37.9 Å². The van der Waals surface area contributed by atoms with Crippen LogP contribution in [0.1, 0.15) is 57.3 Å². The number of nitrogens with zero attached hydrogens (tertiary/aromatic N) is 4. The zero-order valence-corrected chi connectivity index (χ0v) is 20.6. The summed E-state index contributed by atoms with van der Waals surface area (Å²) in [6.45, 7) is 3.45. The molecule has 6 heteroatoms. The van der Waals surface area contributed by atoms with Gasteiger partial charge in [-0.15, -0.1) is 0 Å². The molecule has 0 radical (unpaired) electrons. The van der Waals surface area contributed by atoms with E-state index in [-0.39, 0.29) is 23.4 Å². The molecule has 1 heterocycles. The maximum Gasteiger partial charge on any atom is 0.266 e. The molecule has 1 amide bonds. The largest absolute Gasteiger partial charge is 0.331 e. The number of hydrogen-bond acceptors (Lipinski definition) is 4. The normalized spacial score (nSPS) is 15.5. The van der Waals surface area contributed by atoms with Crippen LogP contribution < -0.4 is 5.56 Å². The minimum absolute atomic E-state index is 0.0577. The quantitative estimate of drug-likeness (QED) is 0.484. The fourth-order valence-corrected chi connectivity index (χ4v) is 5.05. The molecular formula is C28H36N4O2. The van der Waals surface area contributed by atoms with Crippen molar-refractivity contribution in [3.05, 3.63) is 70.8 Å². The first-order chi connectivity index (χ1) is 16.5. The highest BCUT2D eigenvalue weighted by atomic mass is 16.2. The fourth-order valence-electron chi connectivity index (χ4n) is 5.05. The summed E-state index contributed by atoms with van der Waals surface area (Å²) >= 11 is 0. The van der Waals surface area contributed by atoms with Crippen LogP contribution in [0.4, 0.5) is 0 Å². The fraction of sp³-hybridized carbons (Fsp3) is 0.464. The highest BCUT2D eigenvalue weighted by Gasteiger charge is 2.33. The Morgan fingerprint density at radius 1 is 1.00 bits per heavy atom. The van der Waals surface area contributed by atoms with Gasteiger partial charge in [-0.2, -0.15) is 0 Å². The molecule has 0 N–H and O–H groups in total. The maximum atomic E-state index is 13.9. The number of rotatable bonds is 8. The zero-order chi connectivity index (χ0) is 24.1. The Labute approximate surface area is 202 Å². The Balaban J connectivity index is 1.87. The van der Waals surface area contributed by atoms with Gasteiger partial charge in [-0.25, -0.2) is 4.98 Å². The highest BCUT2D eigenvalue weighted by molar-refractivity contribution is 5.80. The van der Waals surface area contributed by atoms with Crippen LogP contribution in [0, 0.1) is 5.92 Å². The molecule has 180 valence electrons. The van der Waals surface area contributed by atoms with E-state index >= 15 is 0 Å². The van der Waals surface area contributed by atoms with E-state index < -0.39 is 0 Å². The molecule has 1 aromatic heterocycles. The molecule has 6 nitrogen and oxygen atoms in total. The number of amides is 1. The zero-order valence-electron chi connectivity index (χ0n) is 20.6. The van der Waals surface area contributed by atoms with Gasteiger partial charge >= 0.3 is 0 Å². The van der Waals surface area contributed by atoms with Crippen LogP contribution in [-0.2, 0) is 4.79 Å². The first-order valence-corrected chi connectivity index (χ1v) is 12.5. The van der Waals surface area contributed by atoms with Crippen molar-refractivity contribution >= 4 is 16.8 Å². The van der Waals surface area contributed by atoms with Gasteiger partial charge in [0.25, 0.3) is 5.56 Å².